The molecule has 0 aromatic heterocycles. The lowest BCUT2D eigenvalue weighted by Gasteiger charge is -2.08. The van der Waals surface area contributed by atoms with Gasteiger partial charge in [0.05, 0.1) is 0 Å². The minimum Gasteiger partial charge on any atom is -0.0807 e. The SMILES string of the molecule is CCCC/C=C(/CCCCC)c1ccccc1. The number of rotatable bonds is 8. The molecule has 0 amide bonds. The molecule has 1 aromatic carbocycles. The van der Waals surface area contributed by atoms with E-state index in [9.17, 15) is 0 Å². The van der Waals surface area contributed by atoms with Crippen LogP contribution in [-0.2, 0) is 0 Å². The Hall–Kier alpha value is -1.04. The molecule has 1 aromatic rings. The van der Waals surface area contributed by atoms with Crippen molar-refractivity contribution in [3.63, 3.8) is 0 Å². The van der Waals surface area contributed by atoms with E-state index in [1.54, 1.807) is 5.57 Å². The van der Waals surface area contributed by atoms with Crippen molar-refractivity contribution in [3.05, 3.63) is 42.0 Å². The van der Waals surface area contributed by atoms with Crippen LogP contribution in [0.2, 0.25) is 0 Å². The smallest absolute Gasteiger partial charge is 0.0228 e. The van der Waals surface area contributed by atoms with E-state index in [1.165, 1.54) is 50.5 Å². The van der Waals surface area contributed by atoms with E-state index in [4.69, 9.17) is 0 Å². The molecular formula is C17H26. The Bertz CT molecular complexity index is 308. The van der Waals surface area contributed by atoms with Gasteiger partial charge < -0.3 is 0 Å². The second kappa shape index (κ2) is 9.04. The zero-order valence-electron chi connectivity index (χ0n) is 11.4. The van der Waals surface area contributed by atoms with Gasteiger partial charge in [0.1, 0.15) is 0 Å². The fraction of sp³-hybridized carbons (Fsp3) is 0.529. The van der Waals surface area contributed by atoms with Crippen molar-refractivity contribution in [1.82, 2.24) is 0 Å². The van der Waals surface area contributed by atoms with Crippen molar-refractivity contribution >= 4 is 5.57 Å². The average molecular weight is 230 g/mol. The van der Waals surface area contributed by atoms with Crippen LogP contribution in [0.4, 0.5) is 0 Å². The number of unbranched alkanes of at least 4 members (excludes halogenated alkanes) is 4. The largest absolute Gasteiger partial charge is 0.0807 e. The van der Waals surface area contributed by atoms with E-state index in [2.05, 4.69) is 50.3 Å². The van der Waals surface area contributed by atoms with Gasteiger partial charge in [-0.25, -0.2) is 0 Å². The summed E-state index contributed by atoms with van der Waals surface area (Å²) in [5, 5.41) is 0. The van der Waals surface area contributed by atoms with Crippen LogP contribution in [0.5, 0.6) is 0 Å². The quantitative estimate of drug-likeness (QED) is 0.492. The van der Waals surface area contributed by atoms with Gasteiger partial charge in [0.2, 0.25) is 0 Å². The molecule has 0 saturated carbocycles. The van der Waals surface area contributed by atoms with Gasteiger partial charge in [-0.05, 0) is 30.4 Å². The summed E-state index contributed by atoms with van der Waals surface area (Å²) in [7, 11) is 0. The summed E-state index contributed by atoms with van der Waals surface area (Å²) in [6.07, 6.45) is 11.5. The van der Waals surface area contributed by atoms with Crippen LogP contribution in [0.1, 0.15) is 64.4 Å². The third-order valence-electron chi connectivity index (χ3n) is 3.14. The molecule has 0 aliphatic heterocycles. The lowest BCUT2D eigenvalue weighted by molar-refractivity contribution is 0.733. The Balaban J connectivity index is 2.61. The van der Waals surface area contributed by atoms with Gasteiger partial charge in [0.15, 0.2) is 0 Å². The molecule has 0 radical (unpaired) electrons. The predicted molar refractivity (Wildman–Crippen MR) is 78.1 cm³/mol. The molecule has 0 atom stereocenters. The number of benzene rings is 1. The Morgan fingerprint density at radius 2 is 1.65 bits per heavy atom. The first-order valence-corrected chi connectivity index (χ1v) is 7.13. The zero-order chi connectivity index (χ0) is 12.3. The van der Waals surface area contributed by atoms with Gasteiger partial charge in [-0.1, -0.05) is 75.9 Å². The molecule has 0 heteroatoms. The molecule has 1 rings (SSSR count). The average Bonchev–Trinajstić information content (AvgIpc) is 2.38. The number of hydrogen-bond acceptors (Lipinski definition) is 0. The van der Waals surface area contributed by atoms with Gasteiger partial charge in [-0.15, -0.1) is 0 Å². The van der Waals surface area contributed by atoms with Gasteiger partial charge in [-0.3, -0.25) is 0 Å². The summed E-state index contributed by atoms with van der Waals surface area (Å²) in [6, 6.07) is 10.9. The molecular weight excluding hydrogens is 204 g/mol. The Morgan fingerprint density at radius 3 is 2.29 bits per heavy atom. The summed E-state index contributed by atoms with van der Waals surface area (Å²) >= 11 is 0. The molecule has 94 valence electrons. The van der Waals surface area contributed by atoms with Crippen molar-refractivity contribution in [3.8, 4) is 0 Å². The van der Waals surface area contributed by atoms with E-state index in [1.807, 2.05) is 0 Å². The second-order valence-corrected chi connectivity index (χ2v) is 4.69. The van der Waals surface area contributed by atoms with Crippen molar-refractivity contribution in [1.29, 1.82) is 0 Å². The summed E-state index contributed by atoms with van der Waals surface area (Å²) in [5.74, 6) is 0. The minimum atomic E-state index is 1.23. The normalized spacial score (nSPS) is 11.8. The van der Waals surface area contributed by atoms with Crippen molar-refractivity contribution in [2.24, 2.45) is 0 Å². The highest BCUT2D eigenvalue weighted by molar-refractivity contribution is 5.65. The third kappa shape index (κ3) is 5.72. The summed E-state index contributed by atoms with van der Waals surface area (Å²) in [4.78, 5) is 0. The zero-order valence-corrected chi connectivity index (χ0v) is 11.4. The van der Waals surface area contributed by atoms with Crippen LogP contribution in [0.25, 0.3) is 5.57 Å². The van der Waals surface area contributed by atoms with Gasteiger partial charge in [0.25, 0.3) is 0 Å². The maximum Gasteiger partial charge on any atom is -0.0228 e. The second-order valence-electron chi connectivity index (χ2n) is 4.69. The van der Waals surface area contributed by atoms with Crippen molar-refractivity contribution in [2.45, 2.75) is 58.8 Å². The number of allylic oxidation sites excluding steroid dienone is 2. The third-order valence-corrected chi connectivity index (χ3v) is 3.14. The molecule has 17 heavy (non-hydrogen) atoms. The van der Waals surface area contributed by atoms with E-state index in [-0.39, 0.29) is 0 Å². The summed E-state index contributed by atoms with van der Waals surface area (Å²) in [5.41, 5.74) is 2.97. The van der Waals surface area contributed by atoms with Crippen LogP contribution >= 0.6 is 0 Å². The van der Waals surface area contributed by atoms with E-state index in [0.29, 0.717) is 0 Å². The van der Waals surface area contributed by atoms with E-state index >= 15 is 0 Å². The molecule has 0 N–H and O–H groups in total. The Kier molecular flexibility index (Phi) is 7.46. The maximum absolute atomic E-state index is 2.45. The molecule has 0 aliphatic carbocycles. The van der Waals surface area contributed by atoms with Crippen LogP contribution < -0.4 is 0 Å². The fourth-order valence-electron chi connectivity index (χ4n) is 2.06. The van der Waals surface area contributed by atoms with Crippen molar-refractivity contribution in [2.75, 3.05) is 0 Å². The van der Waals surface area contributed by atoms with Gasteiger partial charge in [0, 0.05) is 0 Å². The predicted octanol–water partition coefficient (Wildman–Crippen LogP) is 5.84. The first-order valence-electron chi connectivity index (χ1n) is 7.13. The van der Waals surface area contributed by atoms with Crippen LogP contribution in [0, 0.1) is 0 Å². The first-order chi connectivity index (χ1) is 8.38. The Labute approximate surface area is 107 Å². The van der Waals surface area contributed by atoms with Crippen LogP contribution in [0.15, 0.2) is 36.4 Å². The summed E-state index contributed by atoms with van der Waals surface area (Å²) in [6.45, 7) is 4.52. The molecule has 0 nitrogen and oxygen atoms in total. The van der Waals surface area contributed by atoms with E-state index < -0.39 is 0 Å². The number of hydrogen-bond donors (Lipinski definition) is 0. The molecule has 0 fully saturated rings. The first kappa shape index (κ1) is 14.0. The molecule has 0 saturated heterocycles. The maximum atomic E-state index is 2.45. The molecule has 0 bridgehead atoms. The molecule has 0 unspecified atom stereocenters. The molecule has 0 heterocycles. The van der Waals surface area contributed by atoms with Crippen molar-refractivity contribution < 1.29 is 0 Å². The minimum absolute atomic E-state index is 1.23. The molecule has 0 aliphatic rings. The summed E-state index contributed by atoms with van der Waals surface area (Å²) < 4.78 is 0. The van der Waals surface area contributed by atoms with Crippen LogP contribution in [0.3, 0.4) is 0 Å². The topological polar surface area (TPSA) is 0 Å². The molecule has 0 spiro atoms. The highest BCUT2D eigenvalue weighted by Gasteiger charge is 2.00. The highest BCUT2D eigenvalue weighted by atomic mass is 14.1. The van der Waals surface area contributed by atoms with Crippen LogP contribution in [-0.4, -0.2) is 0 Å². The van der Waals surface area contributed by atoms with Gasteiger partial charge in [-0.2, -0.15) is 0 Å². The standard InChI is InChI=1S/C17H26/c1-3-5-8-12-16(13-9-6-4-2)17-14-10-7-11-15-17/h7,10-12,14-15H,3-6,8-9,13H2,1-2H3/b16-12-. The fourth-order valence-corrected chi connectivity index (χ4v) is 2.06. The lowest BCUT2D eigenvalue weighted by Crippen LogP contribution is -1.86. The monoisotopic (exact) mass is 230 g/mol. The lowest BCUT2D eigenvalue weighted by atomic mass is 9.98. The van der Waals surface area contributed by atoms with Gasteiger partial charge >= 0.3 is 0 Å². The highest BCUT2D eigenvalue weighted by Crippen LogP contribution is 2.22. The van der Waals surface area contributed by atoms with E-state index in [0.717, 1.165) is 0 Å². The Morgan fingerprint density at radius 1 is 0.941 bits per heavy atom.